The zero-order chi connectivity index (χ0) is 17.8. The Bertz CT molecular complexity index is 894. The number of aromatic nitrogens is 1. The van der Waals surface area contributed by atoms with E-state index in [-0.39, 0.29) is 11.6 Å². The molecule has 3 aromatic rings. The summed E-state index contributed by atoms with van der Waals surface area (Å²) in [6.45, 7) is 2.55. The van der Waals surface area contributed by atoms with Gasteiger partial charge in [-0.15, -0.1) is 0 Å². The Labute approximate surface area is 154 Å². The second-order valence-electron chi connectivity index (χ2n) is 5.12. The number of hydrogen-bond donors (Lipinski definition) is 2. The van der Waals surface area contributed by atoms with E-state index in [2.05, 4.69) is 10.3 Å². The standard InChI is InChI=1S/C18H16ClN3O2S/c1-2-24-12-9-7-11(8-10-12)21-18-22-17(20)16(25-18)15(23)13-5-3-4-6-14(13)19/h3-10H,2,20H2,1H3,(H,21,22). The Morgan fingerprint density at radius 3 is 2.64 bits per heavy atom. The summed E-state index contributed by atoms with van der Waals surface area (Å²) >= 11 is 7.29. The van der Waals surface area contributed by atoms with Crippen LogP contribution in [-0.4, -0.2) is 17.4 Å². The molecule has 0 fully saturated rings. The number of carbonyl (C=O) groups is 1. The summed E-state index contributed by atoms with van der Waals surface area (Å²) in [6, 6.07) is 14.3. The van der Waals surface area contributed by atoms with Crippen molar-refractivity contribution < 1.29 is 9.53 Å². The summed E-state index contributed by atoms with van der Waals surface area (Å²) in [5.41, 5.74) is 7.16. The number of anilines is 3. The first-order valence-electron chi connectivity index (χ1n) is 7.64. The molecule has 7 heteroatoms. The number of nitrogens with zero attached hydrogens (tertiary/aromatic N) is 1. The number of nitrogens with two attached hydrogens (primary N) is 1. The maximum atomic E-state index is 12.6. The van der Waals surface area contributed by atoms with Gasteiger partial charge in [-0.25, -0.2) is 4.98 Å². The summed E-state index contributed by atoms with van der Waals surface area (Å²) in [6.07, 6.45) is 0. The number of ether oxygens (including phenoxy) is 1. The van der Waals surface area contributed by atoms with Crippen molar-refractivity contribution in [3.8, 4) is 5.75 Å². The third-order valence-electron chi connectivity index (χ3n) is 3.39. The van der Waals surface area contributed by atoms with Crippen LogP contribution in [0.25, 0.3) is 0 Å². The summed E-state index contributed by atoms with van der Waals surface area (Å²) in [4.78, 5) is 17.2. The van der Waals surface area contributed by atoms with Crippen LogP contribution >= 0.6 is 22.9 Å². The topological polar surface area (TPSA) is 77.2 Å². The normalized spacial score (nSPS) is 10.5. The molecule has 128 valence electrons. The number of nitrogen functional groups attached to an aromatic ring is 1. The highest BCUT2D eigenvalue weighted by molar-refractivity contribution is 7.18. The lowest BCUT2D eigenvalue weighted by Gasteiger charge is -2.05. The van der Waals surface area contributed by atoms with Crippen LogP contribution in [0.5, 0.6) is 5.75 Å². The van der Waals surface area contributed by atoms with Gasteiger partial charge in [-0.1, -0.05) is 35.1 Å². The summed E-state index contributed by atoms with van der Waals surface area (Å²) in [7, 11) is 0. The van der Waals surface area contributed by atoms with E-state index in [0.717, 1.165) is 11.4 Å². The number of rotatable bonds is 6. The predicted octanol–water partition coefficient (Wildman–Crippen LogP) is 4.75. The smallest absolute Gasteiger partial charge is 0.208 e. The quantitative estimate of drug-likeness (QED) is 0.609. The van der Waals surface area contributed by atoms with Gasteiger partial charge in [-0.3, -0.25) is 4.79 Å². The number of carbonyl (C=O) groups excluding carboxylic acids is 1. The van der Waals surface area contributed by atoms with E-state index < -0.39 is 0 Å². The molecule has 1 aromatic heterocycles. The van der Waals surface area contributed by atoms with Crippen molar-refractivity contribution in [3.63, 3.8) is 0 Å². The summed E-state index contributed by atoms with van der Waals surface area (Å²) in [5, 5.41) is 4.07. The Hall–Kier alpha value is -2.57. The first-order valence-corrected chi connectivity index (χ1v) is 8.83. The van der Waals surface area contributed by atoms with Crippen LogP contribution in [-0.2, 0) is 0 Å². The van der Waals surface area contributed by atoms with Crippen LogP contribution in [0.3, 0.4) is 0 Å². The number of benzene rings is 2. The van der Waals surface area contributed by atoms with E-state index in [0.29, 0.717) is 27.2 Å². The minimum atomic E-state index is -0.236. The maximum Gasteiger partial charge on any atom is 0.208 e. The number of nitrogens with one attached hydrogen (secondary N) is 1. The average molecular weight is 374 g/mol. The van der Waals surface area contributed by atoms with E-state index in [1.54, 1.807) is 24.3 Å². The fourth-order valence-corrected chi connectivity index (χ4v) is 3.32. The van der Waals surface area contributed by atoms with E-state index in [9.17, 15) is 4.79 Å². The van der Waals surface area contributed by atoms with Crippen molar-refractivity contribution in [2.24, 2.45) is 0 Å². The minimum Gasteiger partial charge on any atom is -0.494 e. The molecule has 0 unspecified atom stereocenters. The molecule has 3 N–H and O–H groups in total. The van der Waals surface area contributed by atoms with Crippen LogP contribution in [0.15, 0.2) is 48.5 Å². The van der Waals surface area contributed by atoms with Crippen molar-refractivity contribution in [2.75, 3.05) is 17.7 Å². The van der Waals surface area contributed by atoms with Crippen molar-refractivity contribution >= 4 is 45.4 Å². The van der Waals surface area contributed by atoms with Gasteiger partial charge < -0.3 is 15.8 Å². The molecule has 0 aliphatic rings. The fraction of sp³-hybridized carbons (Fsp3) is 0.111. The lowest BCUT2D eigenvalue weighted by Crippen LogP contribution is -2.03. The number of halogens is 1. The Morgan fingerprint density at radius 2 is 1.96 bits per heavy atom. The van der Waals surface area contributed by atoms with E-state index in [1.165, 1.54) is 11.3 Å². The monoisotopic (exact) mass is 373 g/mol. The second-order valence-corrected chi connectivity index (χ2v) is 6.53. The van der Waals surface area contributed by atoms with Crippen molar-refractivity contribution in [1.29, 1.82) is 0 Å². The minimum absolute atomic E-state index is 0.184. The Morgan fingerprint density at radius 1 is 1.24 bits per heavy atom. The van der Waals surface area contributed by atoms with Crippen molar-refractivity contribution in [1.82, 2.24) is 4.98 Å². The molecule has 0 saturated carbocycles. The van der Waals surface area contributed by atoms with Gasteiger partial charge in [0.1, 0.15) is 16.4 Å². The molecule has 2 aromatic carbocycles. The molecule has 3 rings (SSSR count). The molecular weight excluding hydrogens is 358 g/mol. The fourth-order valence-electron chi connectivity index (χ4n) is 2.24. The van der Waals surface area contributed by atoms with Gasteiger partial charge in [0.25, 0.3) is 0 Å². The molecule has 0 aliphatic carbocycles. The second kappa shape index (κ2) is 7.55. The van der Waals surface area contributed by atoms with E-state index in [4.69, 9.17) is 22.1 Å². The molecule has 0 aliphatic heterocycles. The summed E-state index contributed by atoms with van der Waals surface area (Å²) < 4.78 is 5.41. The maximum absolute atomic E-state index is 12.6. The highest BCUT2D eigenvalue weighted by Gasteiger charge is 2.20. The van der Waals surface area contributed by atoms with Gasteiger partial charge in [-0.05, 0) is 43.3 Å². The van der Waals surface area contributed by atoms with Gasteiger partial charge in [0.2, 0.25) is 5.78 Å². The van der Waals surface area contributed by atoms with Crippen molar-refractivity contribution in [3.05, 3.63) is 64.0 Å². The van der Waals surface area contributed by atoms with Crippen LogP contribution in [0.4, 0.5) is 16.6 Å². The number of ketones is 1. The highest BCUT2D eigenvalue weighted by atomic mass is 35.5. The van der Waals surface area contributed by atoms with Gasteiger partial charge in [0, 0.05) is 11.3 Å². The van der Waals surface area contributed by atoms with E-state index in [1.807, 2.05) is 31.2 Å². The van der Waals surface area contributed by atoms with Crippen LogP contribution in [0.1, 0.15) is 22.2 Å². The molecule has 0 saturated heterocycles. The van der Waals surface area contributed by atoms with Gasteiger partial charge in [0.05, 0.1) is 11.6 Å². The number of thiazole rings is 1. The zero-order valence-electron chi connectivity index (χ0n) is 13.5. The molecule has 0 bridgehead atoms. The largest absolute Gasteiger partial charge is 0.494 e. The third-order valence-corrected chi connectivity index (χ3v) is 4.71. The molecule has 0 atom stereocenters. The molecular formula is C18H16ClN3O2S. The number of hydrogen-bond acceptors (Lipinski definition) is 6. The molecule has 0 radical (unpaired) electrons. The van der Waals surface area contributed by atoms with Crippen molar-refractivity contribution in [2.45, 2.75) is 6.92 Å². The first kappa shape index (κ1) is 17.3. The Kier molecular flexibility index (Phi) is 5.21. The SMILES string of the molecule is CCOc1ccc(Nc2nc(N)c(C(=O)c3ccccc3Cl)s2)cc1. The predicted molar refractivity (Wildman–Crippen MR) is 102 cm³/mol. The molecule has 0 amide bonds. The third kappa shape index (κ3) is 3.92. The first-order chi connectivity index (χ1) is 12.1. The van der Waals surface area contributed by atoms with E-state index >= 15 is 0 Å². The van der Waals surface area contributed by atoms with Crippen LogP contribution in [0, 0.1) is 0 Å². The lowest BCUT2D eigenvalue weighted by molar-refractivity contribution is 0.104. The molecule has 1 heterocycles. The molecule has 0 spiro atoms. The zero-order valence-corrected chi connectivity index (χ0v) is 15.0. The van der Waals surface area contributed by atoms with Gasteiger partial charge >= 0.3 is 0 Å². The lowest BCUT2D eigenvalue weighted by atomic mass is 10.1. The van der Waals surface area contributed by atoms with Gasteiger partial charge in [0.15, 0.2) is 5.13 Å². The summed E-state index contributed by atoms with van der Waals surface area (Å²) in [5.74, 6) is 0.741. The highest BCUT2D eigenvalue weighted by Crippen LogP contribution is 2.31. The average Bonchev–Trinajstić information content (AvgIpc) is 2.97. The van der Waals surface area contributed by atoms with Crippen LogP contribution in [0.2, 0.25) is 5.02 Å². The molecule has 25 heavy (non-hydrogen) atoms. The molecule has 5 nitrogen and oxygen atoms in total. The van der Waals surface area contributed by atoms with Crippen LogP contribution < -0.4 is 15.8 Å². The van der Waals surface area contributed by atoms with Gasteiger partial charge in [-0.2, -0.15) is 0 Å². The Balaban J connectivity index is 1.80.